The van der Waals surface area contributed by atoms with E-state index in [0.29, 0.717) is 56.9 Å². The molecular formula is C23H33N5O5S. The van der Waals surface area contributed by atoms with Gasteiger partial charge in [-0.1, -0.05) is 0 Å². The molecule has 2 aromatic heterocycles. The first kappa shape index (κ1) is 24.8. The molecule has 2 aromatic rings. The molecule has 0 radical (unpaired) electrons. The van der Waals surface area contributed by atoms with E-state index in [9.17, 15) is 9.59 Å². The smallest absolute Gasteiger partial charge is 0.276 e. The molecule has 0 unspecified atom stereocenters. The highest BCUT2D eigenvalue weighted by Crippen LogP contribution is 2.40. The lowest BCUT2D eigenvalue weighted by molar-refractivity contribution is -0.137. The third kappa shape index (κ3) is 6.62. The number of thiazole rings is 1. The van der Waals surface area contributed by atoms with Crippen LogP contribution in [0.2, 0.25) is 0 Å². The molecule has 2 aliphatic rings. The van der Waals surface area contributed by atoms with Gasteiger partial charge in [-0.05, 0) is 25.7 Å². The van der Waals surface area contributed by atoms with E-state index in [0.717, 1.165) is 23.5 Å². The van der Waals surface area contributed by atoms with Gasteiger partial charge in [-0.25, -0.2) is 4.98 Å². The van der Waals surface area contributed by atoms with Crippen molar-refractivity contribution in [3.05, 3.63) is 27.8 Å². The minimum absolute atomic E-state index is 0.00343. The molecule has 1 aliphatic carbocycles. The van der Waals surface area contributed by atoms with Gasteiger partial charge in [0.1, 0.15) is 18.1 Å². The van der Waals surface area contributed by atoms with Crippen molar-refractivity contribution in [2.24, 2.45) is 7.05 Å². The van der Waals surface area contributed by atoms with E-state index in [1.807, 2.05) is 23.4 Å². The Morgan fingerprint density at radius 3 is 2.56 bits per heavy atom. The maximum absolute atomic E-state index is 12.7. The summed E-state index contributed by atoms with van der Waals surface area (Å²) in [5.41, 5.74) is 1.47. The lowest BCUT2D eigenvalue weighted by Gasteiger charge is -2.31. The fourth-order valence-corrected chi connectivity index (χ4v) is 4.90. The second kappa shape index (κ2) is 11.9. The third-order valence-corrected chi connectivity index (χ3v) is 7.12. The number of anilines is 1. The van der Waals surface area contributed by atoms with Crippen LogP contribution in [0.5, 0.6) is 0 Å². The lowest BCUT2D eigenvalue weighted by Crippen LogP contribution is -2.40. The van der Waals surface area contributed by atoms with Gasteiger partial charge in [0, 0.05) is 50.5 Å². The highest BCUT2D eigenvalue weighted by atomic mass is 32.1. The Morgan fingerprint density at radius 1 is 1.09 bits per heavy atom. The zero-order valence-corrected chi connectivity index (χ0v) is 20.6. The van der Waals surface area contributed by atoms with Gasteiger partial charge < -0.3 is 24.4 Å². The maximum atomic E-state index is 12.7. The summed E-state index contributed by atoms with van der Waals surface area (Å²) in [5, 5.41) is 10.2. The standard InChI is InChI=1S/C23H33N5O5S/c1-27-20(13-18(26-27)16-3-4-16)25-22(30)19-15-34-23(24-19)17-5-7-28(8-6-17)21(29)14-33-12-11-32-10-9-31-2/h13,15-17H,3-12,14H2,1-2H3,(H,25,30). The molecule has 2 fully saturated rings. The Balaban J connectivity index is 1.19. The second-order valence-electron chi connectivity index (χ2n) is 8.69. The fraction of sp³-hybridized carbons (Fsp3) is 0.652. The van der Waals surface area contributed by atoms with Gasteiger partial charge in [0.05, 0.1) is 37.1 Å². The summed E-state index contributed by atoms with van der Waals surface area (Å²) in [6, 6.07) is 1.95. The lowest BCUT2D eigenvalue weighted by atomic mass is 9.97. The van der Waals surface area contributed by atoms with Crippen LogP contribution in [-0.2, 0) is 26.1 Å². The number of amides is 2. The Labute approximate surface area is 203 Å². The Kier molecular flexibility index (Phi) is 8.65. The Morgan fingerprint density at radius 2 is 1.82 bits per heavy atom. The van der Waals surface area contributed by atoms with E-state index >= 15 is 0 Å². The van der Waals surface area contributed by atoms with Crippen LogP contribution in [0.25, 0.3) is 0 Å². The SMILES string of the molecule is COCCOCCOCC(=O)N1CCC(c2nc(C(=O)Nc3cc(C4CC4)nn3C)cs2)CC1. The van der Waals surface area contributed by atoms with Crippen LogP contribution in [0.15, 0.2) is 11.4 Å². The molecule has 11 heteroatoms. The molecule has 1 saturated heterocycles. The molecule has 0 atom stereocenters. The summed E-state index contributed by atoms with van der Waals surface area (Å²) < 4.78 is 17.4. The first-order chi connectivity index (χ1) is 16.5. The number of aryl methyl sites for hydroxylation is 1. The van der Waals surface area contributed by atoms with Crippen LogP contribution in [0.3, 0.4) is 0 Å². The summed E-state index contributed by atoms with van der Waals surface area (Å²) in [7, 11) is 3.46. The molecule has 1 N–H and O–H groups in total. The average molecular weight is 492 g/mol. The van der Waals surface area contributed by atoms with Crippen molar-refractivity contribution in [3.8, 4) is 0 Å². The van der Waals surface area contributed by atoms with E-state index < -0.39 is 0 Å². The number of carbonyl (C=O) groups excluding carboxylic acids is 2. The van der Waals surface area contributed by atoms with Crippen LogP contribution in [0, 0.1) is 0 Å². The van der Waals surface area contributed by atoms with Gasteiger partial charge in [-0.2, -0.15) is 5.10 Å². The molecule has 1 saturated carbocycles. The summed E-state index contributed by atoms with van der Waals surface area (Å²) in [5.74, 6) is 1.26. The summed E-state index contributed by atoms with van der Waals surface area (Å²) in [6.45, 7) is 3.29. The molecule has 10 nitrogen and oxygen atoms in total. The normalized spacial score (nSPS) is 16.7. The van der Waals surface area contributed by atoms with Gasteiger partial charge >= 0.3 is 0 Å². The molecule has 186 valence electrons. The number of nitrogens with one attached hydrogen (secondary N) is 1. The third-order valence-electron chi connectivity index (χ3n) is 6.12. The van der Waals surface area contributed by atoms with Crippen LogP contribution < -0.4 is 5.32 Å². The molecule has 3 heterocycles. The molecule has 34 heavy (non-hydrogen) atoms. The molecule has 1 aliphatic heterocycles. The van der Waals surface area contributed by atoms with Gasteiger partial charge in [0.25, 0.3) is 5.91 Å². The van der Waals surface area contributed by atoms with Crippen molar-refractivity contribution in [3.63, 3.8) is 0 Å². The van der Waals surface area contributed by atoms with Crippen LogP contribution in [0.4, 0.5) is 5.82 Å². The Hall–Kier alpha value is -2.34. The second-order valence-corrected chi connectivity index (χ2v) is 9.58. The first-order valence-electron chi connectivity index (χ1n) is 11.8. The van der Waals surface area contributed by atoms with Crippen molar-refractivity contribution >= 4 is 29.0 Å². The number of hydrogen-bond acceptors (Lipinski definition) is 8. The number of likely N-dealkylation sites (tertiary alicyclic amines) is 1. The predicted octanol–water partition coefficient (Wildman–Crippen LogP) is 2.39. The van der Waals surface area contributed by atoms with Crippen molar-refractivity contribution < 1.29 is 23.8 Å². The topological polar surface area (TPSA) is 108 Å². The van der Waals surface area contributed by atoms with E-state index in [1.165, 1.54) is 24.2 Å². The quantitative estimate of drug-likeness (QED) is 0.454. The molecule has 0 spiro atoms. The number of ether oxygens (including phenoxy) is 3. The van der Waals surface area contributed by atoms with Crippen LogP contribution in [-0.4, -0.2) is 84.7 Å². The largest absolute Gasteiger partial charge is 0.382 e. The Bertz CT molecular complexity index is 965. The van der Waals surface area contributed by atoms with Gasteiger partial charge in [0.2, 0.25) is 5.91 Å². The highest BCUT2D eigenvalue weighted by molar-refractivity contribution is 7.10. The van der Waals surface area contributed by atoms with Crippen LogP contribution in [0.1, 0.15) is 58.7 Å². The monoisotopic (exact) mass is 491 g/mol. The number of nitrogens with zero attached hydrogens (tertiary/aromatic N) is 4. The predicted molar refractivity (Wildman–Crippen MR) is 127 cm³/mol. The number of hydrogen-bond donors (Lipinski definition) is 1. The first-order valence-corrected chi connectivity index (χ1v) is 12.7. The van der Waals surface area contributed by atoms with Crippen molar-refractivity contribution in [2.75, 3.05) is 58.6 Å². The van der Waals surface area contributed by atoms with E-state index in [-0.39, 0.29) is 24.3 Å². The summed E-state index contributed by atoms with van der Waals surface area (Å²) >= 11 is 1.51. The maximum Gasteiger partial charge on any atom is 0.276 e. The number of methoxy groups -OCH3 is 1. The number of aromatic nitrogens is 3. The zero-order chi connectivity index (χ0) is 23.9. The van der Waals surface area contributed by atoms with E-state index in [1.54, 1.807) is 11.8 Å². The number of carbonyl (C=O) groups is 2. The number of piperidine rings is 1. The van der Waals surface area contributed by atoms with Gasteiger partial charge in [-0.3, -0.25) is 14.3 Å². The summed E-state index contributed by atoms with van der Waals surface area (Å²) in [4.78, 5) is 31.5. The number of rotatable bonds is 12. The van der Waals surface area contributed by atoms with Crippen molar-refractivity contribution in [2.45, 2.75) is 37.5 Å². The molecular weight excluding hydrogens is 458 g/mol. The minimum Gasteiger partial charge on any atom is -0.382 e. The fourth-order valence-electron chi connectivity index (χ4n) is 3.93. The zero-order valence-electron chi connectivity index (χ0n) is 19.8. The van der Waals surface area contributed by atoms with Gasteiger partial charge in [-0.15, -0.1) is 11.3 Å². The molecule has 4 rings (SSSR count). The summed E-state index contributed by atoms with van der Waals surface area (Å²) in [6.07, 6.45) is 3.99. The minimum atomic E-state index is -0.219. The van der Waals surface area contributed by atoms with E-state index in [2.05, 4.69) is 15.4 Å². The van der Waals surface area contributed by atoms with Gasteiger partial charge in [0.15, 0.2) is 0 Å². The van der Waals surface area contributed by atoms with E-state index in [4.69, 9.17) is 14.2 Å². The van der Waals surface area contributed by atoms with Crippen molar-refractivity contribution in [1.82, 2.24) is 19.7 Å². The molecule has 2 amide bonds. The highest BCUT2D eigenvalue weighted by Gasteiger charge is 2.28. The van der Waals surface area contributed by atoms with Crippen molar-refractivity contribution in [1.29, 1.82) is 0 Å². The average Bonchev–Trinajstić information content (AvgIpc) is 3.46. The molecule has 0 aromatic carbocycles. The van der Waals surface area contributed by atoms with Crippen LogP contribution >= 0.6 is 11.3 Å². The molecule has 0 bridgehead atoms.